The lowest BCUT2D eigenvalue weighted by Gasteiger charge is -2.46. The van der Waals surface area contributed by atoms with Crippen LogP contribution >= 0.6 is 7.82 Å². The average molecular weight is 991 g/mol. The second-order valence-electron chi connectivity index (χ2n) is 16.1. The van der Waals surface area contributed by atoms with Gasteiger partial charge in [-0.2, -0.15) is 0 Å². The van der Waals surface area contributed by atoms with Gasteiger partial charge in [0.1, 0.15) is 122 Å². The number of phosphoric ester groups is 1. The third-order valence-corrected chi connectivity index (χ3v) is 11.8. The molecule has 5 rings (SSSR count). The Bertz CT molecular complexity index is 1620. The number of carbonyl (C=O) groups is 2. The molecule has 32 heteroatoms. The molecule has 0 spiro atoms. The maximum atomic E-state index is 12.7. The molecule has 5 heterocycles. The van der Waals surface area contributed by atoms with Crippen LogP contribution in [0.2, 0.25) is 0 Å². The molecule has 25 atom stereocenters. The van der Waals surface area contributed by atoms with E-state index in [1.807, 2.05) is 0 Å². The van der Waals surface area contributed by atoms with Crippen LogP contribution in [0.15, 0.2) is 0 Å². The van der Waals surface area contributed by atoms with Gasteiger partial charge in [0.15, 0.2) is 31.5 Å². The van der Waals surface area contributed by atoms with Crippen LogP contribution < -0.4 is 10.6 Å². The molecule has 18 N–H and O–H groups in total. The van der Waals surface area contributed by atoms with Crippen molar-refractivity contribution >= 4 is 19.6 Å². The number of nitrogens with one attached hydrogen (secondary N) is 2. The van der Waals surface area contributed by atoms with Crippen molar-refractivity contribution in [3.8, 4) is 0 Å². The number of aliphatic hydroxyl groups is 14. The van der Waals surface area contributed by atoms with Crippen LogP contribution in [0.25, 0.3) is 0 Å². The van der Waals surface area contributed by atoms with Crippen molar-refractivity contribution < 1.29 is 143 Å². The molecule has 0 aromatic heterocycles. The number of aliphatic hydroxyl groups excluding tert-OH is 14. The monoisotopic (exact) mass is 990 g/mol. The quantitative estimate of drug-likeness (QED) is 0.0534. The molecule has 5 fully saturated rings. The molecule has 0 bridgehead atoms. The van der Waals surface area contributed by atoms with E-state index in [0.717, 1.165) is 13.8 Å². The zero-order valence-electron chi connectivity index (χ0n) is 34.9. The molecule has 5 saturated heterocycles. The minimum absolute atomic E-state index is 0.674. The first-order valence-corrected chi connectivity index (χ1v) is 21.9. The average Bonchev–Trinajstić information content (AvgIpc) is 3.74. The van der Waals surface area contributed by atoms with Gasteiger partial charge in [-0.3, -0.25) is 14.1 Å². The fraction of sp³-hybridized carbons (Fsp3) is 0.941. The Morgan fingerprint density at radius 1 is 0.545 bits per heavy atom. The normalized spacial score (nSPS) is 45.3. The van der Waals surface area contributed by atoms with Crippen molar-refractivity contribution in [3.05, 3.63) is 0 Å². The van der Waals surface area contributed by atoms with Crippen molar-refractivity contribution in [1.82, 2.24) is 10.6 Å². The lowest BCUT2D eigenvalue weighted by atomic mass is 9.96. The van der Waals surface area contributed by atoms with Gasteiger partial charge in [0, 0.05) is 13.8 Å². The number of hydrogen-bond acceptors (Lipinski definition) is 27. The van der Waals surface area contributed by atoms with Crippen LogP contribution in [-0.4, -0.2) is 280 Å². The minimum Gasteiger partial charge on any atom is -0.394 e. The standard InChI is InChI=1S/C34H59N2O29P/c1-8(40)35-15-20(47)17(44)13(58-30(15)52)6-56-34-29(23(50)25(61-34)10(42)3-37)65-31-16(36-9(2)41)27(19(46)12(5-39)59-31)63-33-24(51)28(26(62-33)11(43)4-38)64-32-22(49)21(48)18(45)14(60-32)7-57-66(53,54)55/h10-34,37-39,42-52H,3-7H2,1-2H3,(H,35,40)(H,36,41)(H2,53,54,55)/t10-,11-,12-,13-,14-,15-,16-,17-,18-,19-,20-,21+,22-,23+,24-,25+,26+,27-,28-,29-,30+,31+,32-,33+,34-/m1/s1. The summed E-state index contributed by atoms with van der Waals surface area (Å²) in [6, 6.07) is -3.21. The van der Waals surface area contributed by atoms with Crippen LogP contribution in [-0.2, 0) is 61.3 Å². The molecule has 31 nitrogen and oxygen atoms in total. The summed E-state index contributed by atoms with van der Waals surface area (Å²) in [7, 11) is -5.15. The molecular weight excluding hydrogens is 931 g/mol. The van der Waals surface area contributed by atoms with Crippen molar-refractivity contribution in [3.63, 3.8) is 0 Å². The highest BCUT2D eigenvalue weighted by Crippen LogP contribution is 2.39. The Hall–Kier alpha value is -1.87. The van der Waals surface area contributed by atoms with Gasteiger partial charge in [-0.1, -0.05) is 0 Å². The number of hydrogen-bond donors (Lipinski definition) is 18. The maximum absolute atomic E-state index is 12.7. The number of rotatable bonds is 19. The molecule has 5 aliphatic heterocycles. The highest BCUT2D eigenvalue weighted by Gasteiger charge is 2.58. The third-order valence-electron chi connectivity index (χ3n) is 11.3. The van der Waals surface area contributed by atoms with Crippen molar-refractivity contribution in [2.75, 3.05) is 33.0 Å². The molecule has 384 valence electrons. The molecule has 0 radical (unpaired) electrons. The molecule has 0 unspecified atom stereocenters. The van der Waals surface area contributed by atoms with Crippen molar-refractivity contribution in [2.24, 2.45) is 0 Å². The smallest absolute Gasteiger partial charge is 0.394 e. The van der Waals surface area contributed by atoms with E-state index in [-0.39, 0.29) is 0 Å². The van der Waals surface area contributed by atoms with Crippen molar-refractivity contribution in [1.29, 1.82) is 0 Å². The SMILES string of the molecule is CC(=O)N[C@@H]1[C@@H](O)[C@H](O)[C@@H](CO[C@@H]2O[C@@H]([C@H](O)CO)[C@H](O)[C@H]2O[C@@H]2O[C@H](CO)[C@@H](O)[C@H](O[C@@H]3O[C@@H]([C@H](O)CO)[C@H](O[C@H]4O[C@H](COP(=O)(O)O)[C@@H](O)[C@H](O)[C@H]4O)[C@H]3O)[C@H]2NC(C)=O)O[C@@H]1O. The molecule has 2 amide bonds. The summed E-state index contributed by atoms with van der Waals surface area (Å²) in [5.41, 5.74) is 0. The van der Waals surface area contributed by atoms with E-state index < -0.39 is 206 Å². The van der Waals surface area contributed by atoms with Crippen LogP contribution in [0.3, 0.4) is 0 Å². The second-order valence-corrected chi connectivity index (χ2v) is 17.3. The molecule has 0 aliphatic carbocycles. The Balaban J connectivity index is 1.38. The van der Waals surface area contributed by atoms with E-state index in [1.165, 1.54) is 0 Å². The number of phosphoric acid groups is 1. The van der Waals surface area contributed by atoms with Gasteiger partial charge < -0.3 is 135 Å². The molecule has 0 aromatic carbocycles. The van der Waals surface area contributed by atoms with E-state index in [4.69, 9.17) is 52.4 Å². The van der Waals surface area contributed by atoms with E-state index >= 15 is 0 Å². The Morgan fingerprint density at radius 3 is 1.65 bits per heavy atom. The van der Waals surface area contributed by atoms with Crippen molar-refractivity contribution in [2.45, 2.75) is 167 Å². The highest BCUT2D eigenvalue weighted by molar-refractivity contribution is 7.46. The predicted octanol–water partition coefficient (Wildman–Crippen LogP) is -11.5. The predicted molar refractivity (Wildman–Crippen MR) is 201 cm³/mol. The molecule has 0 aromatic rings. The number of carbonyl (C=O) groups excluding carboxylic acids is 2. The summed E-state index contributed by atoms with van der Waals surface area (Å²) in [4.78, 5) is 42.4. The first-order chi connectivity index (χ1) is 30.9. The van der Waals surface area contributed by atoms with Gasteiger partial charge in [-0.05, 0) is 0 Å². The first kappa shape index (κ1) is 55.1. The van der Waals surface area contributed by atoms with Crippen LogP contribution in [0.1, 0.15) is 13.8 Å². The highest BCUT2D eigenvalue weighted by atomic mass is 31.2. The minimum atomic E-state index is -5.15. The fourth-order valence-corrected chi connectivity index (χ4v) is 8.25. The second kappa shape index (κ2) is 23.4. The summed E-state index contributed by atoms with van der Waals surface area (Å²) in [5, 5.41) is 153. The van der Waals surface area contributed by atoms with Crippen LogP contribution in [0, 0.1) is 0 Å². The van der Waals surface area contributed by atoms with Crippen LogP contribution in [0.5, 0.6) is 0 Å². The van der Waals surface area contributed by atoms with E-state index in [2.05, 4.69) is 15.2 Å². The van der Waals surface area contributed by atoms with Crippen LogP contribution in [0.4, 0.5) is 0 Å². The van der Waals surface area contributed by atoms with Gasteiger partial charge in [0.2, 0.25) is 11.8 Å². The van der Waals surface area contributed by atoms with Gasteiger partial charge in [-0.25, -0.2) is 4.57 Å². The zero-order chi connectivity index (χ0) is 49.1. The Morgan fingerprint density at radius 2 is 1.06 bits per heavy atom. The Labute approximate surface area is 373 Å². The number of ether oxygens (including phenoxy) is 9. The lowest BCUT2D eigenvalue weighted by molar-refractivity contribution is -0.327. The molecule has 0 saturated carbocycles. The summed E-state index contributed by atoms with van der Waals surface area (Å²) in [5.74, 6) is -1.53. The Kier molecular flexibility index (Phi) is 19.5. The van der Waals surface area contributed by atoms with E-state index in [9.17, 15) is 85.6 Å². The van der Waals surface area contributed by atoms with Gasteiger partial charge >= 0.3 is 7.82 Å². The van der Waals surface area contributed by atoms with Gasteiger partial charge in [0.05, 0.1) is 33.0 Å². The van der Waals surface area contributed by atoms with Gasteiger partial charge in [-0.15, -0.1) is 0 Å². The van der Waals surface area contributed by atoms with Gasteiger partial charge in [0.25, 0.3) is 0 Å². The maximum Gasteiger partial charge on any atom is 0.469 e. The summed E-state index contributed by atoms with van der Waals surface area (Å²) < 4.78 is 66.7. The molecular formula is C34H59N2O29P. The third kappa shape index (κ3) is 12.7. The summed E-state index contributed by atoms with van der Waals surface area (Å²) in [6.45, 7) is -2.77. The summed E-state index contributed by atoms with van der Waals surface area (Å²) >= 11 is 0. The number of amides is 2. The fourth-order valence-electron chi connectivity index (χ4n) is 7.91. The zero-order valence-corrected chi connectivity index (χ0v) is 35.8. The largest absolute Gasteiger partial charge is 0.469 e. The van der Waals surface area contributed by atoms with E-state index in [1.54, 1.807) is 0 Å². The lowest BCUT2D eigenvalue weighted by Crippen LogP contribution is -2.67. The summed E-state index contributed by atoms with van der Waals surface area (Å²) in [6.07, 6.45) is -43.5. The topological polar surface area (TPSA) is 491 Å². The molecule has 5 aliphatic rings. The van der Waals surface area contributed by atoms with E-state index in [0.29, 0.717) is 0 Å². The first-order valence-electron chi connectivity index (χ1n) is 20.3. The molecule has 66 heavy (non-hydrogen) atoms.